The lowest BCUT2D eigenvalue weighted by Crippen LogP contribution is -2.17. The number of aliphatic hydroxyl groups excluding tert-OH is 1. The second kappa shape index (κ2) is 7.73. The maximum atomic E-state index is 13.6. The summed E-state index contributed by atoms with van der Waals surface area (Å²) in [4.78, 5) is 8.52. The van der Waals surface area contributed by atoms with Crippen LogP contribution in [0.2, 0.25) is 5.82 Å². The Hall–Kier alpha value is 0.385. The Labute approximate surface area is 133 Å². The van der Waals surface area contributed by atoms with Crippen molar-refractivity contribution in [3.63, 3.8) is 0 Å². The van der Waals surface area contributed by atoms with Gasteiger partial charge in [-0.25, -0.2) is 4.57 Å². The van der Waals surface area contributed by atoms with Crippen LogP contribution in [-0.2, 0) is 22.5 Å². The highest BCUT2D eigenvalue weighted by molar-refractivity contribution is 7.75. The topological polar surface area (TPSA) is 110 Å². The summed E-state index contributed by atoms with van der Waals surface area (Å²) in [6.07, 6.45) is 0.751. The summed E-state index contributed by atoms with van der Waals surface area (Å²) in [5.41, 5.74) is 0. The zero-order chi connectivity index (χ0) is 18.1. The molecule has 5 unspecified atom stereocenters. The zero-order valence-corrected chi connectivity index (χ0v) is 14.8. The molecule has 2 radical (unpaired) electrons. The van der Waals surface area contributed by atoms with Gasteiger partial charge in [-0.1, -0.05) is 18.7 Å². The zero-order valence-electron chi connectivity index (χ0n) is 12.1. The highest BCUT2D eigenvalue weighted by Crippen LogP contribution is 2.75. The molecule has 1 saturated carbocycles. The van der Waals surface area contributed by atoms with Gasteiger partial charge in [0.1, 0.15) is 0 Å². The smallest absolute Gasteiger partial charge is 0.396 e. The Bertz CT molecular complexity index is 559. The van der Waals surface area contributed by atoms with Crippen molar-refractivity contribution in [3.8, 4) is 0 Å². The van der Waals surface area contributed by atoms with E-state index in [2.05, 4.69) is 8.83 Å². The molecule has 2 N–H and O–H groups in total. The summed E-state index contributed by atoms with van der Waals surface area (Å²) in [5.74, 6) is -1.10. The van der Waals surface area contributed by atoms with Crippen molar-refractivity contribution >= 4 is 31.1 Å². The number of hydrogen-bond donors (Lipinski definition) is 2. The summed E-state index contributed by atoms with van der Waals surface area (Å²) in [5, 5.41) is 6.42. The van der Waals surface area contributed by atoms with Crippen LogP contribution in [0.25, 0.3) is 0 Å². The lowest BCUT2D eigenvalue weighted by Gasteiger charge is -2.21. The second-order valence-electron chi connectivity index (χ2n) is 5.44. The Balaban J connectivity index is 2.68. The number of aliphatic hydroxyl groups is 1. The molecule has 23 heavy (non-hydrogen) atoms. The van der Waals surface area contributed by atoms with Crippen molar-refractivity contribution in [2.75, 3.05) is 13.2 Å². The van der Waals surface area contributed by atoms with Crippen LogP contribution in [0.5, 0.6) is 0 Å². The molecule has 0 spiro atoms. The van der Waals surface area contributed by atoms with Gasteiger partial charge >= 0.3 is 23.3 Å². The average Bonchev–Trinajstić information content (AvgIpc) is 2.74. The quantitative estimate of drug-likeness (QED) is 0.474. The minimum absolute atomic E-state index is 0.270. The van der Waals surface area contributed by atoms with E-state index in [1.54, 1.807) is 0 Å². The van der Waals surface area contributed by atoms with Crippen LogP contribution in [0, 0.1) is 11.8 Å². The number of hydrogen-bond acceptors (Lipinski definition) is 6. The molecule has 0 aromatic heterocycles. The van der Waals surface area contributed by atoms with Gasteiger partial charge in [0.25, 0.3) is 0 Å². The standard InChI is InChI=1S/C9H17BF3O7P3/c1-6(21(11,15)16)22(12,17)20-23(13,18)19-5-8-3-9(10)2-7(8)4-14/h6-9,14H,2-5H2,1H3,(H,15,16)/t6?,7?,8-,9+,22?,23?/m1/s1. The van der Waals surface area contributed by atoms with E-state index in [0.717, 1.165) is 0 Å². The van der Waals surface area contributed by atoms with Gasteiger partial charge in [-0.2, -0.15) is 12.7 Å². The molecule has 14 heteroatoms. The first kappa shape index (κ1) is 21.4. The average molecular weight is 398 g/mol. The fraction of sp³-hybridized carbons (Fsp3) is 1.00. The second-order valence-corrected chi connectivity index (χ2v) is 11.3. The summed E-state index contributed by atoms with van der Waals surface area (Å²) < 4.78 is 81.2. The maximum absolute atomic E-state index is 13.6. The fourth-order valence-corrected chi connectivity index (χ4v) is 6.17. The van der Waals surface area contributed by atoms with E-state index >= 15 is 0 Å². The van der Waals surface area contributed by atoms with Crippen molar-refractivity contribution in [1.82, 2.24) is 0 Å². The minimum Gasteiger partial charge on any atom is -0.396 e. The molecule has 0 aromatic rings. The van der Waals surface area contributed by atoms with E-state index in [1.807, 2.05) is 0 Å². The van der Waals surface area contributed by atoms with E-state index in [-0.39, 0.29) is 18.3 Å². The summed E-state index contributed by atoms with van der Waals surface area (Å²) in [7, 11) is -11.6. The molecule has 7 nitrogen and oxygen atoms in total. The van der Waals surface area contributed by atoms with Gasteiger partial charge in [0.2, 0.25) is 0 Å². The third kappa shape index (κ3) is 6.31. The Morgan fingerprint density at radius 2 is 1.74 bits per heavy atom. The van der Waals surface area contributed by atoms with Crippen molar-refractivity contribution in [2.24, 2.45) is 11.8 Å². The molecule has 0 amide bonds. The molecule has 0 aliphatic heterocycles. The van der Waals surface area contributed by atoms with E-state index in [0.29, 0.717) is 19.8 Å². The molecular formula is C9H17BF3O7P3. The van der Waals surface area contributed by atoms with Crippen LogP contribution in [-0.4, -0.2) is 36.5 Å². The van der Waals surface area contributed by atoms with Crippen molar-refractivity contribution < 1.29 is 45.1 Å². The third-order valence-electron chi connectivity index (χ3n) is 3.67. The van der Waals surface area contributed by atoms with Crippen LogP contribution in [0.3, 0.4) is 0 Å². The van der Waals surface area contributed by atoms with Gasteiger partial charge < -0.3 is 10.00 Å². The van der Waals surface area contributed by atoms with Crippen molar-refractivity contribution in [1.29, 1.82) is 0 Å². The molecule has 0 heterocycles. The predicted octanol–water partition coefficient (Wildman–Crippen LogP) is 3.74. The predicted molar refractivity (Wildman–Crippen MR) is 77.7 cm³/mol. The Morgan fingerprint density at radius 3 is 2.22 bits per heavy atom. The highest BCUT2D eigenvalue weighted by atomic mass is 31.3. The van der Waals surface area contributed by atoms with E-state index < -0.39 is 41.2 Å². The maximum Gasteiger partial charge on any atom is 0.520 e. The monoisotopic (exact) mass is 398 g/mol. The molecule has 1 aliphatic rings. The van der Waals surface area contributed by atoms with Crippen LogP contribution >= 0.6 is 23.3 Å². The third-order valence-corrected chi connectivity index (χ3v) is 9.30. The Kier molecular flexibility index (Phi) is 7.20. The van der Waals surface area contributed by atoms with E-state index in [9.17, 15) is 26.3 Å². The Morgan fingerprint density at radius 1 is 1.22 bits per heavy atom. The van der Waals surface area contributed by atoms with Gasteiger partial charge in [0.05, 0.1) is 14.5 Å². The first-order valence-corrected chi connectivity index (χ1v) is 11.3. The van der Waals surface area contributed by atoms with Gasteiger partial charge in [-0.3, -0.25) is 13.7 Å². The van der Waals surface area contributed by atoms with Crippen LogP contribution < -0.4 is 0 Å². The minimum atomic E-state index is -5.85. The molecule has 1 fully saturated rings. The van der Waals surface area contributed by atoms with E-state index in [4.69, 9.17) is 17.8 Å². The number of halogens is 3. The molecule has 0 saturated heterocycles. The fourth-order valence-electron chi connectivity index (χ4n) is 2.27. The SMILES string of the molecule is [B][C@H]1CC(CO)[C@@H](COP(=O)(F)OP(=O)(F)C(C)P(=O)(O)F)C1. The van der Waals surface area contributed by atoms with Crippen LogP contribution in [0.15, 0.2) is 0 Å². The molecular weight excluding hydrogens is 381 g/mol. The molecule has 7 atom stereocenters. The van der Waals surface area contributed by atoms with Crippen molar-refractivity contribution in [2.45, 2.75) is 31.0 Å². The number of rotatable bonds is 8. The molecule has 1 rings (SSSR count). The first-order valence-electron chi connectivity index (χ1n) is 6.62. The highest BCUT2D eigenvalue weighted by Gasteiger charge is 2.50. The summed E-state index contributed by atoms with van der Waals surface area (Å²) in [6.45, 7) is -0.416. The molecule has 134 valence electrons. The lowest BCUT2D eigenvalue weighted by molar-refractivity contribution is 0.135. The molecule has 0 aromatic carbocycles. The molecule has 1 aliphatic carbocycles. The van der Waals surface area contributed by atoms with Crippen molar-refractivity contribution in [3.05, 3.63) is 0 Å². The first-order chi connectivity index (χ1) is 10.3. The summed E-state index contributed by atoms with van der Waals surface area (Å²) in [6, 6.07) is 0. The normalized spacial score (nSPS) is 34.3. The summed E-state index contributed by atoms with van der Waals surface area (Å²) >= 11 is 0. The van der Waals surface area contributed by atoms with Gasteiger partial charge in [-0.15, -0.1) is 4.20 Å². The van der Waals surface area contributed by atoms with Gasteiger partial charge in [0.15, 0.2) is 5.40 Å². The van der Waals surface area contributed by atoms with E-state index in [1.165, 1.54) is 0 Å². The van der Waals surface area contributed by atoms with Crippen LogP contribution in [0.1, 0.15) is 19.8 Å². The molecule has 0 bridgehead atoms. The lowest BCUT2D eigenvalue weighted by atomic mass is 9.85. The largest absolute Gasteiger partial charge is 0.520 e. The van der Waals surface area contributed by atoms with Gasteiger partial charge in [-0.05, 0) is 18.8 Å². The van der Waals surface area contributed by atoms with Crippen LogP contribution in [0.4, 0.5) is 12.6 Å². The van der Waals surface area contributed by atoms with Gasteiger partial charge in [0, 0.05) is 6.61 Å².